The zero-order valence-corrected chi connectivity index (χ0v) is 11.6. The SMILES string of the molecule is COc1cc(CO)ccc1Oc1nccn2c(C)nnc12. The fourth-order valence-corrected chi connectivity index (χ4v) is 1.99. The number of ether oxygens (including phenoxy) is 2. The number of aliphatic hydroxyl groups excluding tert-OH is 1. The molecular weight excluding hydrogens is 272 g/mol. The monoisotopic (exact) mass is 286 g/mol. The highest BCUT2D eigenvalue weighted by Crippen LogP contribution is 2.32. The first-order valence-electron chi connectivity index (χ1n) is 6.35. The molecule has 0 atom stereocenters. The van der Waals surface area contributed by atoms with Gasteiger partial charge in [0.05, 0.1) is 13.7 Å². The topological polar surface area (TPSA) is 81.8 Å². The van der Waals surface area contributed by atoms with E-state index in [2.05, 4.69) is 15.2 Å². The van der Waals surface area contributed by atoms with E-state index in [-0.39, 0.29) is 6.61 Å². The van der Waals surface area contributed by atoms with Gasteiger partial charge in [-0.15, -0.1) is 10.2 Å². The second-order valence-corrected chi connectivity index (χ2v) is 4.42. The predicted octanol–water partition coefficient (Wildman–Crippen LogP) is 1.73. The fraction of sp³-hybridized carbons (Fsp3) is 0.214. The highest BCUT2D eigenvalue weighted by Gasteiger charge is 2.13. The Morgan fingerprint density at radius 1 is 1.24 bits per heavy atom. The first-order chi connectivity index (χ1) is 10.2. The predicted molar refractivity (Wildman–Crippen MR) is 74.5 cm³/mol. The normalized spacial score (nSPS) is 10.8. The van der Waals surface area contributed by atoms with Gasteiger partial charge in [-0.3, -0.25) is 4.40 Å². The Kier molecular flexibility index (Phi) is 3.41. The van der Waals surface area contributed by atoms with Gasteiger partial charge >= 0.3 is 0 Å². The minimum atomic E-state index is -0.0617. The Hall–Kier alpha value is -2.67. The lowest BCUT2D eigenvalue weighted by Gasteiger charge is -2.10. The molecule has 2 heterocycles. The van der Waals surface area contributed by atoms with E-state index in [0.717, 1.165) is 11.4 Å². The third kappa shape index (κ3) is 2.38. The average molecular weight is 286 g/mol. The van der Waals surface area contributed by atoms with E-state index in [4.69, 9.17) is 14.6 Å². The van der Waals surface area contributed by atoms with Crippen LogP contribution in [0.5, 0.6) is 17.4 Å². The lowest BCUT2D eigenvalue weighted by atomic mass is 10.2. The third-order valence-corrected chi connectivity index (χ3v) is 3.08. The number of hydrogen-bond acceptors (Lipinski definition) is 6. The molecule has 1 N–H and O–H groups in total. The fourth-order valence-electron chi connectivity index (χ4n) is 1.99. The molecule has 3 aromatic rings. The van der Waals surface area contributed by atoms with Crippen LogP contribution in [0.4, 0.5) is 0 Å². The van der Waals surface area contributed by atoms with Crippen molar-refractivity contribution in [3.63, 3.8) is 0 Å². The molecule has 0 amide bonds. The molecule has 0 saturated carbocycles. The second kappa shape index (κ2) is 5.37. The number of benzene rings is 1. The maximum absolute atomic E-state index is 9.15. The van der Waals surface area contributed by atoms with Crippen LogP contribution in [-0.2, 0) is 6.61 Å². The Morgan fingerprint density at radius 3 is 2.86 bits per heavy atom. The Labute approximate surface area is 120 Å². The van der Waals surface area contributed by atoms with Crippen molar-refractivity contribution in [2.75, 3.05) is 7.11 Å². The molecule has 0 fully saturated rings. The summed E-state index contributed by atoms with van der Waals surface area (Å²) in [7, 11) is 1.54. The van der Waals surface area contributed by atoms with Gasteiger partial charge in [0.1, 0.15) is 5.82 Å². The lowest BCUT2D eigenvalue weighted by Crippen LogP contribution is -1.97. The van der Waals surface area contributed by atoms with Crippen LogP contribution in [0.15, 0.2) is 30.6 Å². The van der Waals surface area contributed by atoms with E-state index in [9.17, 15) is 0 Å². The van der Waals surface area contributed by atoms with Crippen LogP contribution in [0.1, 0.15) is 11.4 Å². The summed E-state index contributed by atoms with van der Waals surface area (Å²) < 4.78 is 12.8. The molecule has 0 spiro atoms. The largest absolute Gasteiger partial charge is 0.493 e. The second-order valence-electron chi connectivity index (χ2n) is 4.42. The van der Waals surface area contributed by atoms with Gasteiger partial charge in [-0.2, -0.15) is 0 Å². The van der Waals surface area contributed by atoms with Crippen LogP contribution < -0.4 is 9.47 Å². The van der Waals surface area contributed by atoms with Gasteiger partial charge in [0.25, 0.3) is 5.88 Å². The quantitative estimate of drug-likeness (QED) is 0.786. The van der Waals surface area contributed by atoms with Crippen LogP contribution in [0.3, 0.4) is 0 Å². The summed E-state index contributed by atoms with van der Waals surface area (Å²) >= 11 is 0. The number of aromatic nitrogens is 4. The molecular formula is C14H14N4O3. The van der Waals surface area contributed by atoms with Gasteiger partial charge in [-0.1, -0.05) is 6.07 Å². The smallest absolute Gasteiger partial charge is 0.265 e. The molecule has 0 radical (unpaired) electrons. The number of hydrogen-bond donors (Lipinski definition) is 1. The van der Waals surface area contributed by atoms with Crippen molar-refractivity contribution in [2.24, 2.45) is 0 Å². The van der Waals surface area contributed by atoms with Crippen molar-refractivity contribution < 1.29 is 14.6 Å². The van der Waals surface area contributed by atoms with Gasteiger partial charge in [0.2, 0.25) is 5.65 Å². The molecule has 0 bridgehead atoms. The summed E-state index contributed by atoms with van der Waals surface area (Å²) in [5.41, 5.74) is 1.27. The van der Waals surface area contributed by atoms with Crippen molar-refractivity contribution in [3.05, 3.63) is 42.0 Å². The summed E-state index contributed by atoms with van der Waals surface area (Å²) in [5.74, 6) is 2.10. The van der Waals surface area contributed by atoms with E-state index in [0.29, 0.717) is 23.0 Å². The van der Waals surface area contributed by atoms with E-state index in [1.165, 1.54) is 0 Å². The van der Waals surface area contributed by atoms with Crippen molar-refractivity contribution >= 4 is 5.65 Å². The highest BCUT2D eigenvalue weighted by atomic mass is 16.5. The van der Waals surface area contributed by atoms with Gasteiger partial charge < -0.3 is 14.6 Å². The van der Waals surface area contributed by atoms with Gasteiger partial charge in [0, 0.05) is 12.4 Å². The van der Waals surface area contributed by atoms with Crippen LogP contribution in [-0.4, -0.2) is 31.8 Å². The number of aliphatic hydroxyl groups is 1. The molecule has 0 aliphatic heterocycles. The summed E-state index contributed by atoms with van der Waals surface area (Å²) in [4.78, 5) is 4.18. The Morgan fingerprint density at radius 2 is 2.10 bits per heavy atom. The van der Waals surface area contributed by atoms with Gasteiger partial charge in [-0.25, -0.2) is 4.98 Å². The van der Waals surface area contributed by atoms with E-state index in [1.807, 2.05) is 6.92 Å². The molecule has 0 aliphatic rings. The third-order valence-electron chi connectivity index (χ3n) is 3.08. The molecule has 108 valence electrons. The molecule has 7 nitrogen and oxygen atoms in total. The van der Waals surface area contributed by atoms with Gasteiger partial charge in [-0.05, 0) is 24.6 Å². The molecule has 0 aliphatic carbocycles. The van der Waals surface area contributed by atoms with Crippen LogP contribution in [0.25, 0.3) is 5.65 Å². The summed E-state index contributed by atoms with van der Waals surface area (Å²) in [6.45, 7) is 1.79. The van der Waals surface area contributed by atoms with Crippen LogP contribution in [0, 0.1) is 6.92 Å². The first-order valence-corrected chi connectivity index (χ1v) is 6.35. The number of nitrogens with zero attached hydrogens (tertiary/aromatic N) is 4. The minimum Gasteiger partial charge on any atom is -0.493 e. The molecule has 7 heteroatoms. The standard InChI is InChI=1S/C14H14N4O3/c1-9-16-17-13-14(15-5-6-18(9)13)21-11-4-3-10(8-19)7-12(11)20-2/h3-7,19H,8H2,1-2H3. The summed E-state index contributed by atoms with van der Waals surface area (Å²) in [6, 6.07) is 5.19. The van der Waals surface area contributed by atoms with Crippen molar-refractivity contribution in [1.29, 1.82) is 0 Å². The lowest BCUT2D eigenvalue weighted by molar-refractivity contribution is 0.280. The van der Waals surface area contributed by atoms with Crippen LogP contribution in [0.2, 0.25) is 0 Å². The Bertz CT molecular complexity index is 785. The number of fused-ring (bicyclic) bond motifs is 1. The highest BCUT2D eigenvalue weighted by molar-refractivity contribution is 5.52. The molecule has 3 rings (SSSR count). The molecule has 0 saturated heterocycles. The maximum Gasteiger partial charge on any atom is 0.265 e. The van der Waals surface area contributed by atoms with Crippen molar-refractivity contribution in [2.45, 2.75) is 13.5 Å². The van der Waals surface area contributed by atoms with E-state index >= 15 is 0 Å². The van der Waals surface area contributed by atoms with Crippen LogP contribution >= 0.6 is 0 Å². The Balaban J connectivity index is 2.02. The number of methoxy groups -OCH3 is 1. The molecule has 0 unspecified atom stereocenters. The first kappa shape index (κ1) is 13.3. The number of rotatable bonds is 4. The average Bonchev–Trinajstić information content (AvgIpc) is 2.90. The summed E-state index contributed by atoms with van der Waals surface area (Å²) in [5, 5.41) is 17.2. The van der Waals surface area contributed by atoms with Crippen molar-refractivity contribution in [1.82, 2.24) is 19.6 Å². The zero-order chi connectivity index (χ0) is 14.8. The minimum absolute atomic E-state index is 0.0617. The van der Waals surface area contributed by atoms with Crippen molar-refractivity contribution in [3.8, 4) is 17.4 Å². The summed E-state index contributed by atoms with van der Waals surface area (Å²) in [6.07, 6.45) is 3.39. The maximum atomic E-state index is 9.15. The molecule has 2 aromatic heterocycles. The van der Waals surface area contributed by atoms with E-state index < -0.39 is 0 Å². The van der Waals surface area contributed by atoms with Gasteiger partial charge in [0.15, 0.2) is 11.5 Å². The number of aryl methyl sites for hydroxylation is 1. The zero-order valence-electron chi connectivity index (χ0n) is 11.6. The molecule has 21 heavy (non-hydrogen) atoms. The molecule has 1 aromatic carbocycles. The van der Waals surface area contributed by atoms with E-state index in [1.54, 1.807) is 42.1 Å².